The molecule has 1 aromatic heterocycles. The first-order valence-electron chi connectivity index (χ1n) is 4.50. The molecule has 74 valence electrons. The summed E-state index contributed by atoms with van der Waals surface area (Å²) in [6.45, 7) is 6.75. The molecule has 0 amide bonds. The number of nitrogens with zero attached hydrogens (tertiary/aromatic N) is 2. The molecule has 1 atom stereocenters. The van der Waals surface area contributed by atoms with Crippen LogP contribution in [0.5, 0.6) is 0 Å². The highest BCUT2D eigenvalue weighted by Gasteiger charge is 2.14. The Labute approximate surface area is 83.9 Å². The quantitative estimate of drug-likeness (QED) is 0.815. The first-order chi connectivity index (χ1) is 6.07. The highest BCUT2D eigenvalue weighted by Crippen LogP contribution is 2.25. The van der Waals surface area contributed by atoms with Crippen LogP contribution in [-0.2, 0) is 0 Å². The topological polar surface area (TPSA) is 43.8 Å². The third-order valence-electron chi connectivity index (χ3n) is 2.13. The molecule has 0 aliphatic heterocycles. The van der Waals surface area contributed by atoms with Crippen molar-refractivity contribution in [1.29, 1.82) is 0 Å². The minimum absolute atomic E-state index is 0.278. The van der Waals surface area contributed by atoms with E-state index in [9.17, 15) is 0 Å². The van der Waals surface area contributed by atoms with Crippen molar-refractivity contribution in [3.63, 3.8) is 0 Å². The molecule has 0 fully saturated rings. The molecular formula is C9H16ClN3. The van der Waals surface area contributed by atoms with E-state index in [0.717, 1.165) is 5.56 Å². The molecule has 0 bridgehead atoms. The molecule has 0 saturated heterocycles. The van der Waals surface area contributed by atoms with Gasteiger partial charge in [0.15, 0.2) is 0 Å². The molecule has 1 rings (SSSR count). The van der Waals surface area contributed by atoms with Gasteiger partial charge in [-0.1, -0.05) is 18.5 Å². The molecule has 1 heterocycles. The van der Waals surface area contributed by atoms with Gasteiger partial charge >= 0.3 is 0 Å². The standard InChI is InChI=1S/C9H16ClN3/c1-6(2)13-9(10)8(5-12-13)7(3)4-11/h5-7H,4,11H2,1-3H3. The van der Waals surface area contributed by atoms with Gasteiger partial charge in [0.05, 0.1) is 6.20 Å². The van der Waals surface area contributed by atoms with Crippen LogP contribution in [0, 0.1) is 0 Å². The monoisotopic (exact) mass is 201 g/mol. The smallest absolute Gasteiger partial charge is 0.130 e. The summed E-state index contributed by atoms with van der Waals surface area (Å²) >= 11 is 6.14. The van der Waals surface area contributed by atoms with Gasteiger partial charge in [0.2, 0.25) is 0 Å². The summed E-state index contributed by atoms with van der Waals surface area (Å²) in [6, 6.07) is 0.297. The normalized spacial score (nSPS) is 13.7. The van der Waals surface area contributed by atoms with Crippen molar-refractivity contribution >= 4 is 11.6 Å². The maximum atomic E-state index is 6.14. The molecule has 1 unspecified atom stereocenters. The van der Waals surface area contributed by atoms with Crippen molar-refractivity contribution in [1.82, 2.24) is 9.78 Å². The van der Waals surface area contributed by atoms with E-state index in [1.807, 2.05) is 11.6 Å². The van der Waals surface area contributed by atoms with Gasteiger partial charge in [-0.15, -0.1) is 0 Å². The van der Waals surface area contributed by atoms with E-state index in [1.165, 1.54) is 0 Å². The van der Waals surface area contributed by atoms with Crippen LogP contribution in [0.3, 0.4) is 0 Å². The van der Waals surface area contributed by atoms with Crippen molar-refractivity contribution in [3.8, 4) is 0 Å². The Hall–Kier alpha value is -0.540. The average molecular weight is 202 g/mol. The minimum atomic E-state index is 0.278. The lowest BCUT2D eigenvalue weighted by molar-refractivity contribution is 0.532. The van der Waals surface area contributed by atoms with Crippen LogP contribution in [-0.4, -0.2) is 16.3 Å². The first-order valence-corrected chi connectivity index (χ1v) is 4.88. The Morgan fingerprint density at radius 2 is 2.15 bits per heavy atom. The molecule has 0 aliphatic carbocycles. The van der Waals surface area contributed by atoms with Gasteiger partial charge in [0.25, 0.3) is 0 Å². The molecule has 4 heteroatoms. The fraction of sp³-hybridized carbons (Fsp3) is 0.667. The molecule has 0 aliphatic rings. The Kier molecular flexibility index (Phi) is 3.33. The predicted octanol–water partition coefficient (Wildman–Crippen LogP) is 2.18. The molecule has 0 aromatic carbocycles. The Balaban J connectivity index is 2.99. The minimum Gasteiger partial charge on any atom is -0.330 e. The lowest BCUT2D eigenvalue weighted by Crippen LogP contribution is -2.09. The summed E-state index contributed by atoms with van der Waals surface area (Å²) in [7, 11) is 0. The second kappa shape index (κ2) is 4.11. The highest BCUT2D eigenvalue weighted by molar-refractivity contribution is 6.30. The molecular weight excluding hydrogens is 186 g/mol. The van der Waals surface area contributed by atoms with Gasteiger partial charge in [-0.25, -0.2) is 0 Å². The molecule has 0 radical (unpaired) electrons. The van der Waals surface area contributed by atoms with Gasteiger partial charge in [-0.05, 0) is 26.3 Å². The number of rotatable bonds is 3. The second-order valence-corrected chi connectivity index (χ2v) is 3.92. The van der Waals surface area contributed by atoms with Crippen molar-refractivity contribution in [2.75, 3.05) is 6.54 Å². The lowest BCUT2D eigenvalue weighted by Gasteiger charge is -2.09. The third kappa shape index (κ3) is 2.03. The number of halogens is 1. The third-order valence-corrected chi connectivity index (χ3v) is 2.53. The maximum Gasteiger partial charge on any atom is 0.130 e. The molecule has 0 spiro atoms. The zero-order valence-electron chi connectivity index (χ0n) is 8.29. The van der Waals surface area contributed by atoms with Crippen LogP contribution in [0.15, 0.2) is 6.20 Å². The van der Waals surface area contributed by atoms with Gasteiger partial charge in [0, 0.05) is 11.6 Å². The van der Waals surface area contributed by atoms with Crippen LogP contribution >= 0.6 is 11.6 Å². The van der Waals surface area contributed by atoms with Crippen LogP contribution in [0.4, 0.5) is 0 Å². The summed E-state index contributed by atoms with van der Waals surface area (Å²) in [6.07, 6.45) is 1.81. The van der Waals surface area contributed by atoms with Crippen LogP contribution in [0.2, 0.25) is 5.15 Å². The van der Waals surface area contributed by atoms with Crippen molar-refractivity contribution in [3.05, 3.63) is 16.9 Å². The van der Waals surface area contributed by atoms with E-state index in [-0.39, 0.29) is 5.92 Å². The van der Waals surface area contributed by atoms with E-state index in [0.29, 0.717) is 17.7 Å². The average Bonchev–Trinajstić information content (AvgIpc) is 2.46. The Morgan fingerprint density at radius 1 is 1.54 bits per heavy atom. The first kappa shape index (κ1) is 10.5. The number of hydrogen-bond acceptors (Lipinski definition) is 2. The number of aromatic nitrogens is 2. The summed E-state index contributed by atoms with van der Waals surface area (Å²) in [5.74, 6) is 0.278. The largest absolute Gasteiger partial charge is 0.330 e. The molecule has 0 saturated carbocycles. The van der Waals surface area contributed by atoms with Crippen LogP contribution in [0.25, 0.3) is 0 Å². The van der Waals surface area contributed by atoms with Crippen LogP contribution < -0.4 is 5.73 Å². The second-order valence-electron chi connectivity index (χ2n) is 3.57. The number of nitrogens with two attached hydrogens (primary N) is 1. The van der Waals surface area contributed by atoms with E-state index in [2.05, 4.69) is 18.9 Å². The van der Waals surface area contributed by atoms with Gasteiger partial charge in [0.1, 0.15) is 5.15 Å². The van der Waals surface area contributed by atoms with Crippen molar-refractivity contribution in [2.24, 2.45) is 5.73 Å². The fourth-order valence-electron chi connectivity index (χ4n) is 1.18. The SMILES string of the molecule is CC(CN)c1cnn(C(C)C)c1Cl. The van der Waals surface area contributed by atoms with Gasteiger partial charge in [-0.3, -0.25) is 4.68 Å². The Bertz CT molecular complexity index is 280. The van der Waals surface area contributed by atoms with Gasteiger partial charge in [-0.2, -0.15) is 5.10 Å². The Morgan fingerprint density at radius 3 is 2.54 bits per heavy atom. The van der Waals surface area contributed by atoms with E-state index in [1.54, 1.807) is 6.20 Å². The summed E-state index contributed by atoms with van der Waals surface area (Å²) < 4.78 is 1.81. The molecule has 13 heavy (non-hydrogen) atoms. The lowest BCUT2D eigenvalue weighted by atomic mass is 10.1. The van der Waals surface area contributed by atoms with Crippen LogP contribution in [0.1, 0.15) is 38.3 Å². The fourth-order valence-corrected chi connectivity index (χ4v) is 1.65. The van der Waals surface area contributed by atoms with E-state index >= 15 is 0 Å². The molecule has 3 nitrogen and oxygen atoms in total. The molecule has 2 N–H and O–H groups in total. The summed E-state index contributed by atoms with van der Waals surface area (Å²) in [4.78, 5) is 0. The van der Waals surface area contributed by atoms with Crippen molar-refractivity contribution < 1.29 is 0 Å². The zero-order chi connectivity index (χ0) is 10.0. The van der Waals surface area contributed by atoms with E-state index < -0.39 is 0 Å². The van der Waals surface area contributed by atoms with Crippen molar-refractivity contribution in [2.45, 2.75) is 32.7 Å². The molecule has 1 aromatic rings. The summed E-state index contributed by atoms with van der Waals surface area (Å²) in [5.41, 5.74) is 6.60. The highest BCUT2D eigenvalue weighted by atomic mass is 35.5. The van der Waals surface area contributed by atoms with Gasteiger partial charge < -0.3 is 5.73 Å². The predicted molar refractivity (Wildman–Crippen MR) is 55.1 cm³/mol. The maximum absolute atomic E-state index is 6.14. The zero-order valence-corrected chi connectivity index (χ0v) is 9.04. The summed E-state index contributed by atoms with van der Waals surface area (Å²) in [5, 5.41) is 4.93. The van der Waals surface area contributed by atoms with E-state index in [4.69, 9.17) is 17.3 Å². The number of hydrogen-bond donors (Lipinski definition) is 1.